The Labute approximate surface area is 77.2 Å². The Bertz CT molecular complexity index is 180. The van der Waals surface area contributed by atoms with E-state index in [0.29, 0.717) is 0 Å². The van der Waals surface area contributed by atoms with Crippen molar-refractivity contribution < 1.29 is 19.1 Å². The summed E-state index contributed by atoms with van der Waals surface area (Å²) >= 11 is 0. The molecule has 1 radical (unpaired) electrons. The second-order valence-corrected chi connectivity index (χ2v) is 3.12. The van der Waals surface area contributed by atoms with Crippen molar-refractivity contribution in [2.75, 3.05) is 13.2 Å². The lowest BCUT2D eigenvalue weighted by Gasteiger charge is -2.21. The van der Waals surface area contributed by atoms with Gasteiger partial charge < -0.3 is 9.47 Å². The first-order valence-corrected chi connectivity index (χ1v) is 3.85. The van der Waals surface area contributed by atoms with Crippen LogP contribution in [-0.2, 0) is 19.1 Å². The molecule has 0 atom stereocenters. The van der Waals surface area contributed by atoms with Gasteiger partial charge in [0, 0.05) is 13.8 Å². The minimum absolute atomic E-state index is 0.0738. The fourth-order valence-corrected chi connectivity index (χ4v) is 0.563. The van der Waals surface area contributed by atoms with Gasteiger partial charge in [-0.2, -0.15) is 0 Å². The molecule has 0 unspecified atom stereocenters. The fraction of sp³-hybridized carbons (Fsp3) is 0.750. The molecule has 0 spiro atoms. The molecule has 0 aromatic carbocycles. The second-order valence-electron chi connectivity index (χ2n) is 3.12. The van der Waals surface area contributed by atoms with Crippen LogP contribution in [0.5, 0.6) is 0 Å². The molecule has 75 valence electrons. The average Bonchev–Trinajstić information content (AvgIpc) is 1.98. The smallest absolute Gasteiger partial charge is 0.302 e. The zero-order valence-corrected chi connectivity index (χ0v) is 8.05. The highest BCUT2D eigenvalue weighted by Gasteiger charge is 2.22. The molecular formula is C8H14NO4. The highest BCUT2D eigenvalue weighted by Crippen LogP contribution is 2.03. The van der Waals surface area contributed by atoms with E-state index < -0.39 is 17.5 Å². The van der Waals surface area contributed by atoms with Gasteiger partial charge in [-0.25, -0.2) is 5.73 Å². The lowest BCUT2D eigenvalue weighted by atomic mass is 10.1. The largest absolute Gasteiger partial charge is 0.464 e. The quantitative estimate of drug-likeness (QED) is 0.588. The van der Waals surface area contributed by atoms with Gasteiger partial charge in [-0.3, -0.25) is 9.59 Å². The van der Waals surface area contributed by atoms with E-state index in [1.807, 2.05) is 0 Å². The van der Waals surface area contributed by atoms with Gasteiger partial charge in [0.05, 0.1) is 5.54 Å². The van der Waals surface area contributed by atoms with Crippen molar-refractivity contribution in [3.05, 3.63) is 0 Å². The Kier molecular flexibility index (Phi) is 4.40. The van der Waals surface area contributed by atoms with Crippen LogP contribution < -0.4 is 5.73 Å². The first kappa shape index (κ1) is 11.9. The summed E-state index contributed by atoms with van der Waals surface area (Å²) in [5.41, 5.74) is 6.49. The van der Waals surface area contributed by atoms with E-state index in [9.17, 15) is 9.59 Å². The number of rotatable bonds is 4. The number of hydrogen-bond donors (Lipinski definition) is 0. The van der Waals surface area contributed by atoms with Crippen molar-refractivity contribution in [2.24, 2.45) is 0 Å². The van der Waals surface area contributed by atoms with Crippen LogP contribution in [0.15, 0.2) is 0 Å². The molecule has 0 aromatic heterocycles. The van der Waals surface area contributed by atoms with Crippen LogP contribution in [0, 0.1) is 0 Å². The fourth-order valence-electron chi connectivity index (χ4n) is 0.563. The predicted octanol–water partition coefficient (Wildman–Crippen LogP) is 0.154. The highest BCUT2D eigenvalue weighted by molar-refractivity contribution is 5.66. The molecule has 1 N–H and O–H groups in total. The van der Waals surface area contributed by atoms with Gasteiger partial charge in [0.15, 0.2) is 0 Å². The van der Waals surface area contributed by atoms with Crippen molar-refractivity contribution >= 4 is 11.9 Å². The predicted molar refractivity (Wildman–Crippen MR) is 44.8 cm³/mol. The summed E-state index contributed by atoms with van der Waals surface area (Å²) in [6.45, 7) is 3.91. The lowest BCUT2D eigenvalue weighted by Crippen LogP contribution is -2.39. The monoisotopic (exact) mass is 188 g/mol. The van der Waals surface area contributed by atoms with Gasteiger partial charge in [0.1, 0.15) is 13.2 Å². The third-order valence-corrected chi connectivity index (χ3v) is 1.19. The molecule has 0 bridgehead atoms. The maximum Gasteiger partial charge on any atom is 0.302 e. The third-order valence-electron chi connectivity index (χ3n) is 1.19. The number of ether oxygens (including phenoxy) is 2. The maximum absolute atomic E-state index is 10.4. The minimum atomic E-state index is -1.07. The van der Waals surface area contributed by atoms with E-state index in [1.165, 1.54) is 20.8 Å². The highest BCUT2D eigenvalue weighted by atomic mass is 16.5. The second kappa shape index (κ2) is 4.81. The van der Waals surface area contributed by atoms with Gasteiger partial charge >= 0.3 is 11.9 Å². The summed E-state index contributed by atoms with van der Waals surface area (Å²) in [6, 6.07) is 0. The van der Waals surface area contributed by atoms with Crippen molar-refractivity contribution in [3.8, 4) is 0 Å². The molecule has 5 heteroatoms. The molecule has 0 saturated heterocycles. The molecule has 0 amide bonds. The number of hydrogen-bond acceptors (Lipinski definition) is 4. The van der Waals surface area contributed by atoms with E-state index in [1.54, 1.807) is 0 Å². The molecule has 0 aliphatic heterocycles. The molecule has 0 rings (SSSR count). The molecule has 13 heavy (non-hydrogen) atoms. The molecule has 0 heterocycles. The Morgan fingerprint density at radius 2 is 1.46 bits per heavy atom. The van der Waals surface area contributed by atoms with Crippen molar-refractivity contribution in [2.45, 2.75) is 26.3 Å². The van der Waals surface area contributed by atoms with E-state index in [0.717, 1.165) is 0 Å². The van der Waals surface area contributed by atoms with Gasteiger partial charge in [0.25, 0.3) is 0 Å². The minimum Gasteiger partial charge on any atom is -0.464 e. The molecule has 0 fully saturated rings. The number of carbonyl (C=O) groups is 2. The summed E-state index contributed by atoms with van der Waals surface area (Å²) in [5, 5.41) is 0. The summed E-state index contributed by atoms with van der Waals surface area (Å²) in [4.78, 5) is 20.8. The van der Waals surface area contributed by atoms with E-state index in [2.05, 4.69) is 9.47 Å². The van der Waals surface area contributed by atoms with Gasteiger partial charge in [-0.1, -0.05) is 0 Å². The van der Waals surface area contributed by atoms with Gasteiger partial charge in [-0.05, 0) is 6.92 Å². The molecular weight excluding hydrogens is 174 g/mol. The summed E-state index contributed by atoms with van der Waals surface area (Å²) in [6.07, 6.45) is 0. The van der Waals surface area contributed by atoms with Crippen LogP contribution in [0.2, 0.25) is 0 Å². The van der Waals surface area contributed by atoms with Crippen LogP contribution in [0.1, 0.15) is 20.8 Å². The third kappa shape index (κ3) is 7.27. The van der Waals surface area contributed by atoms with E-state index in [4.69, 9.17) is 5.73 Å². The van der Waals surface area contributed by atoms with Crippen molar-refractivity contribution in [1.82, 2.24) is 5.73 Å². The molecule has 0 aliphatic rings. The maximum atomic E-state index is 10.4. The van der Waals surface area contributed by atoms with E-state index >= 15 is 0 Å². The van der Waals surface area contributed by atoms with E-state index in [-0.39, 0.29) is 13.2 Å². The average molecular weight is 188 g/mol. The van der Waals surface area contributed by atoms with Crippen LogP contribution >= 0.6 is 0 Å². The molecule has 0 aromatic rings. The van der Waals surface area contributed by atoms with Crippen molar-refractivity contribution in [1.29, 1.82) is 0 Å². The lowest BCUT2D eigenvalue weighted by molar-refractivity contribution is -0.147. The van der Waals surface area contributed by atoms with Crippen molar-refractivity contribution in [3.63, 3.8) is 0 Å². The Balaban J connectivity index is 3.79. The SMILES string of the molecule is CC(=O)OCC(C)([NH])COC(C)=O. The molecule has 0 aliphatic carbocycles. The number of carbonyl (C=O) groups excluding carboxylic acids is 2. The van der Waals surface area contributed by atoms with Crippen LogP contribution in [0.4, 0.5) is 0 Å². The molecule has 0 saturated carbocycles. The van der Waals surface area contributed by atoms with Gasteiger partial charge in [-0.15, -0.1) is 0 Å². The summed E-state index contributed by atoms with van der Waals surface area (Å²) in [5.74, 6) is -0.886. The normalized spacial score (nSPS) is 10.8. The Morgan fingerprint density at radius 3 is 1.69 bits per heavy atom. The zero-order chi connectivity index (χ0) is 10.5. The van der Waals surface area contributed by atoms with Crippen LogP contribution in [0.25, 0.3) is 0 Å². The summed E-state index contributed by atoms with van der Waals surface area (Å²) in [7, 11) is 0. The standard InChI is InChI=1S/C8H14NO4/c1-6(10)12-4-8(3,9)5-13-7(2)11/h9H,4-5H2,1-3H3. The first-order valence-electron chi connectivity index (χ1n) is 3.85. The Morgan fingerprint density at radius 1 is 1.15 bits per heavy atom. The van der Waals surface area contributed by atoms with Crippen LogP contribution in [-0.4, -0.2) is 30.7 Å². The zero-order valence-electron chi connectivity index (χ0n) is 8.05. The first-order chi connectivity index (χ1) is 5.83. The Hall–Kier alpha value is -1.10. The number of esters is 2. The topological polar surface area (TPSA) is 76.4 Å². The number of nitrogens with one attached hydrogen (secondary N) is 1. The molecule has 5 nitrogen and oxygen atoms in total. The summed E-state index contributed by atoms with van der Waals surface area (Å²) < 4.78 is 9.24. The van der Waals surface area contributed by atoms with Gasteiger partial charge in [0.2, 0.25) is 0 Å². The van der Waals surface area contributed by atoms with Crippen LogP contribution in [0.3, 0.4) is 0 Å².